The SMILES string of the molecule is Cc1cc(C)c(-[n+]2cc(=O)o[nH]2)c(C)c1. The van der Waals surface area contributed by atoms with E-state index in [-0.39, 0.29) is 5.63 Å². The maximum absolute atomic E-state index is 10.9. The molecule has 1 N–H and O–H groups in total. The molecule has 0 radical (unpaired) electrons. The van der Waals surface area contributed by atoms with Gasteiger partial charge in [-0.05, 0) is 42.9 Å². The summed E-state index contributed by atoms with van der Waals surface area (Å²) in [6, 6.07) is 4.14. The monoisotopic (exact) mass is 205 g/mol. The van der Waals surface area contributed by atoms with Crippen LogP contribution in [0.4, 0.5) is 0 Å². The molecular weight excluding hydrogens is 192 g/mol. The van der Waals surface area contributed by atoms with E-state index in [0.29, 0.717) is 0 Å². The molecule has 2 rings (SSSR count). The number of hydrogen-bond donors (Lipinski definition) is 1. The van der Waals surface area contributed by atoms with Crippen molar-refractivity contribution in [3.63, 3.8) is 0 Å². The van der Waals surface area contributed by atoms with E-state index < -0.39 is 0 Å². The average molecular weight is 205 g/mol. The van der Waals surface area contributed by atoms with Gasteiger partial charge in [0.2, 0.25) is 5.69 Å². The van der Waals surface area contributed by atoms with Gasteiger partial charge in [0.05, 0.1) is 0 Å². The van der Waals surface area contributed by atoms with Crippen LogP contribution in [0.25, 0.3) is 5.69 Å². The predicted molar refractivity (Wildman–Crippen MR) is 55.1 cm³/mol. The second-order valence-electron chi connectivity index (χ2n) is 3.76. The minimum absolute atomic E-state index is 0.380. The highest BCUT2D eigenvalue weighted by atomic mass is 16.5. The molecule has 0 saturated carbocycles. The van der Waals surface area contributed by atoms with Crippen molar-refractivity contribution >= 4 is 0 Å². The number of aromatic amines is 1. The Morgan fingerprint density at radius 3 is 2.27 bits per heavy atom. The lowest BCUT2D eigenvalue weighted by Crippen LogP contribution is -2.34. The number of benzene rings is 1. The van der Waals surface area contributed by atoms with Crippen molar-refractivity contribution in [2.75, 3.05) is 0 Å². The minimum atomic E-state index is -0.380. The molecule has 0 unspecified atom stereocenters. The van der Waals surface area contributed by atoms with Crippen LogP contribution in [0.3, 0.4) is 0 Å². The van der Waals surface area contributed by atoms with E-state index in [1.807, 2.05) is 20.8 Å². The third kappa shape index (κ3) is 1.70. The van der Waals surface area contributed by atoms with Gasteiger partial charge in [0.25, 0.3) is 6.20 Å². The molecule has 2 aromatic rings. The van der Waals surface area contributed by atoms with E-state index in [9.17, 15) is 4.79 Å². The third-order valence-electron chi connectivity index (χ3n) is 2.36. The Labute approximate surface area is 87.1 Å². The number of rotatable bonds is 1. The van der Waals surface area contributed by atoms with Crippen LogP contribution < -0.4 is 10.3 Å². The molecule has 15 heavy (non-hydrogen) atoms. The fourth-order valence-corrected chi connectivity index (χ4v) is 1.91. The average Bonchev–Trinajstić information content (AvgIpc) is 2.49. The first-order valence-electron chi connectivity index (χ1n) is 4.76. The van der Waals surface area contributed by atoms with E-state index in [2.05, 4.69) is 21.9 Å². The van der Waals surface area contributed by atoms with Gasteiger partial charge in [0.15, 0.2) is 0 Å². The van der Waals surface area contributed by atoms with Crippen molar-refractivity contribution < 1.29 is 9.20 Å². The van der Waals surface area contributed by atoms with E-state index in [0.717, 1.165) is 16.8 Å². The zero-order chi connectivity index (χ0) is 11.0. The van der Waals surface area contributed by atoms with Crippen LogP contribution in [0.1, 0.15) is 16.7 Å². The molecule has 0 saturated heterocycles. The first-order chi connectivity index (χ1) is 7.08. The molecule has 4 heteroatoms. The van der Waals surface area contributed by atoms with Gasteiger partial charge in [-0.25, -0.2) is 4.79 Å². The summed E-state index contributed by atoms with van der Waals surface area (Å²) in [5.74, 6) is 0. The zero-order valence-corrected chi connectivity index (χ0v) is 9.00. The first-order valence-corrected chi connectivity index (χ1v) is 4.76. The minimum Gasteiger partial charge on any atom is -0.283 e. The first kappa shape index (κ1) is 9.71. The lowest BCUT2D eigenvalue weighted by Gasteiger charge is -2.02. The maximum atomic E-state index is 10.9. The topological polar surface area (TPSA) is 49.9 Å². The molecular formula is C11H13N2O2+. The highest BCUT2D eigenvalue weighted by Crippen LogP contribution is 2.15. The van der Waals surface area contributed by atoms with Crippen LogP contribution in [0.2, 0.25) is 0 Å². The lowest BCUT2D eigenvalue weighted by molar-refractivity contribution is -0.671. The summed E-state index contributed by atoms with van der Waals surface area (Å²) in [6.45, 7) is 6.06. The molecule has 1 heterocycles. The Balaban J connectivity index is 2.67. The molecule has 0 aliphatic rings. The summed E-state index contributed by atoms with van der Waals surface area (Å²) in [4.78, 5) is 10.9. The third-order valence-corrected chi connectivity index (χ3v) is 2.36. The van der Waals surface area contributed by atoms with Gasteiger partial charge in [-0.2, -0.15) is 0 Å². The van der Waals surface area contributed by atoms with Crippen molar-refractivity contribution in [1.82, 2.24) is 5.27 Å². The Bertz CT molecular complexity index is 529. The lowest BCUT2D eigenvalue weighted by atomic mass is 10.1. The number of aromatic nitrogens is 2. The maximum Gasteiger partial charge on any atom is 0.427 e. The van der Waals surface area contributed by atoms with Crippen molar-refractivity contribution in [2.45, 2.75) is 20.8 Å². The van der Waals surface area contributed by atoms with Gasteiger partial charge in [-0.3, -0.25) is 4.52 Å². The summed E-state index contributed by atoms with van der Waals surface area (Å²) in [6.07, 6.45) is 1.39. The van der Waals surface area contributed by atoms with Crippen LogP contribution in [0.15, 0.2) is 27.6 Å². The van der Waals surface area contributed by atoms with E-state index >= 15 is 0 Å². The fraction of sp³-hybridized carbons (Fsp3) is 0.273. The molecule has 0 spiro atoms. The van der Waals surface area contributed by atoms with E-state index in [1.165, 1.54) is 11.8 Å². The molecule has 0 amide bonds. The molecule has 1 aromatic carbocycles. The highest BCUT2D eigenvalue weighted by molar-refractivity contribution is 5.42. The summed E-state index contributed by atoms with van der Waals surface area (Å²) in [7, 11) is 0. The van der Waals surface area contributed by atoms with Crippen molar-refractivity contribution in [3.05, 3.63) is 45.4 Å². The summed E-state index contributed by atoms with van der Waals surface area (Å²) >= 11 is 0. The largest absolute Gasteiger partial charge is 0.427 e. The van der Waals surface area contributed by atoms with Crippen LogP contribution in [0.5, 0.6) is 0 Å². The molecule has 0 aliphatic heterocycles. The number of nitrogens with zero attached hydrogens (tertiary/aromatic N) is 1. The summed E-state index contributed by atoms with van der Waals surface area (Å²) < 4.78 is 6.25. The normalized spacial score (nSPS) is 10.6. The van der Waals surface area contributed by atoms with E-state index in [4.69, 9.17) is 0 Å². The Hall–Kier alpha value is -1.84. The molecule has 0 atom stereocenters. The van der Waals surface area contributed by atoms with Crippen molar-refractivity contribution in [3.8, 4) is 5.69 Å². The predicted octanol–water partition coefficient (Wildman–Crippen LogP) is 1.17. The molecule has 78 valence electrons. The molecule has 0 aliphatic carbocycles. The van der Waals surface area contributed by atoms with Gasteiger partial charge in [-0.15, -0.1) is 0 Å². The van der Waals surface area contributed by atoms with Gasteiger partial charge < -0.3 is 0 Å². The highest BCUT2D eigenvalue weighted by Gasteiger charge is 2.17. The van der Waals surface area contributed by atoms with Gasteiger partial charge in [0.1, 0.15) is 0 Å². The van der Waals surface area contributed by atoms with Crippen LogP contribution >= 0.6 is 0 Å². The summed E-state index contributed by atoms with van der Waals surface area (Å²) in [5.41, 5.74) is 4.00. The van der Waals surface area contributed by atoms with Crippen LogP contribution in [-0.2, 0) is 0 Å². The van der Waals surface area contributed by atoms with Crippen LogP contribution in [0, 0.1) is 20.8 Å². The second kappa shape index (κ2) is 3.38. The van der Waals surface area contributed by atoms with Crippen LogP contribution in [-0.4, -0.2) is 5.27 Å². The number of H-pyrrole nitrogens is 1. The molecule has 4 nitrogen and oxygen atoms in total. The second-order valence-corrected chi connectivity index (χ2v) is 3.76. The molecule has 0 fully saturated rings. The van der Waals surface area contributed by atoms with E-state index in [1.54, 1.807) is 4.68 Å². The number of hydrogen-bond acceptors (Lipinski definition) is 2. The molecule has 0 bridgehead atoms. The number of aryl methyl sites for hydroxylation is 3. The smallest absolute Gasteiger partial charge is 0.283 e. The van der Waals surface area contributed by atoms with Gasteiger partial charge >= 0.3 is 5.63 Å². The Kier molecular flexibility index (Phi) is 2.19. The Morgan fingerprint density at radius 1 is 1.20 bits per heavy atom. The standard InChI is InChI=1S/C11H12N2O2/c1-7-4-8(2)11(9(3)5-7)13-6-10(14)15-12-13/h4-6H,1-3H3/p+1. The van der Waals surface area contributed by atoms with Gasteiger partial charge in [-0.1, -0.05) is 5.56 Å². The quantitative estimate of drug-likeness (QED) is 0.710. The summed E-state index contributed by atoms with van der Waals surface area (Å²) in [5, 5.41) is 2.55. The van der Waals surface area contributed by atoms with Crippen molar-refractivity contribution in [2.24, 2.45) is 0 Å². The number of nitrogens with one attached hydrogen (secondary N) is 1. The van der Waals surface area contributed by atoms with Gasteiger partial charge in [0, 0.05) is 11.1 Å². The van der Waals surface area contributed by atoms with Crippen molar-refractivity contribution in [1.29, 1.82) is 0 Å². The molecule has 1 aromatic heterocycles. The Morgan fingerprint density at radius 2 is 1.80 bits per heavy atom. The fourth-order valence-electron chi connectivity index (χ4n) is 1.91. The zero-order valence-electron chi connectivity index (χ0n) is 9.00.